The van der Waals surface area contributed by atoms with Crippen molar-refractivity contribution in [1.29, 1.82) is 0 Å². The van der Waals surface area contributed by atoms with Gasteiger partial charge in [0.1, 0.15) is 0 Å². The van der Waals surface area contributed by atoms with Gasteiger partial charge in [-0.1, -0.05) is 22.0 Å². The summed E-state index contributed by atoms with van der Waals surface area (Å²) in [5.41, 5.74) is 3.53. The molecule has 0 spiro atoms. The largest absolute Gasteiger partial charge is 0.325 e. The number of nitrogens with one attached hydrogen (secondary N) is 1. The minimum atomic E-state index is -0.539. The van der Waals surface area contributed by atoms with E-state index in [0.29, 0.717) is 0 Å². The Bertz CT molecular complexity index is 451. The zero-order valence-corrected chi connectivity index (χ0v) is 12.0. The summed E-state index contributed by atoms with van der Waals surface area (Å²) in [6.45, 7) is 5.62. The molecule has 0 saturated carbocycles. The van der Waals surface area contributed by atoms with E-state index in [1.165, 1.54) is 11.1 Å². The summed E-state index contributed by atoms with van der Waals surface area (Å²) in [6, 6.07) is 6.12. The smallest absolute Gasteiger partial charge is 0.240 e. The second-order valence-electron chi connectivity index (χ2n) is 5.08. The Labute approximate surface area is 110 Å². The number of halogens is 1. The molecule has 1 heterocycles. The van der Waals surface area contributed by atoms with Gasteiger partial charge < -0.3 is 5.32 Å². The first-order valence-corrected chi connectivity index (χ1v) is 6.46. The first-order valence-electron chi connectivity index (χ1n) is 5.67. The third kappa shape index (κ3) is 2.87. The summed E-state index contributed by atoms with van der Waals surface area (Å²) in [5, 5.41) is 2.92. The average Bonchev–Trinajstić information content (AvgIpc) is 2.55. The maximum atomic E-state index is 11.8. The van der Waals surface area contributed by atoms with Crippen LogP contribution in [0, 0.1) is 0 Å². The molecule has 4 heteroatoms. The fourth-order valence-electron chi connectivity index (χ4n) is 1.92. The van der Waals surface area contributed by atoms with E-state index in [-0.39, 0.29) is 5.91 Å². The van der Waals surface area contributed by atoms with Crippen LogP contribution in [0.15, 0.2) is 18.2 Å². The number of hydrogen-bond acceptors (Lipinski definition) is 2. The lowest BCUT2D eigenvalue weighted by molar-refractivity contribution is -0.117. The fourth-order valence-corrected chi connectivity index (χ4v) is 2.02. The highest BCUT2D eigenvalue weighted by Gasteiger charge is 2.24. The molecular weight excluding hydrogens is 280 g/mol. The van der Waals surface area contributed by atoms with Crippen molar-refractivity contribution in [3.63, 3.8) is 0 Å². The second kappa shape index (κ2) is 4.42. The van der Waals surface area contributed by atoms with Crippen LogP contribution in [0.5, 0.6) is 0 Å². The van der Waals surface area contributed by atoms with E-state index in [0.717, 1.165) is 18.8 Å². The highest BCUT2D eigenvalue weighted by Crippen LogP contribution is 2.25. The van der Waals surface area contributed by atoms with Crippen LogP contribution >= 0.6 is 15.9 Å². The fraction of sp³-hybridized carbons (Fsp3) is 0.462. The Balaban J connectivity index is 2.15. The predicted octanol–water partition coefficient (Wildman–Crippen LogP) is 2.74. The Morgan fingerprint density at radius 2 is 2.00 bits per heavy atom. The van der Waals surface area contributed by atoms with E-state index in [4.69, 9.17) is 0 Å². The number of carbonyl (C=O) groups is 1. The Hall–Kier alpha value is -0.870. The highest BCUT2D eigenvalue weighted by atomic mass is 79.9. The van der Waals surface area contributed by atoms with Crippen molar-refractivity contribution < 1.29 is 4.79 Å². The van der Waals surface area contributed by atoms with Crippen molar-refractivity contribution in [2.45, 2.75) is 31.3 Å². The van der Waals surface area contributed by atoms with Gasteiger partial charge in [0, 0.05) is 18.8 Å². The van der Waals surface area contributed by atoms with E-state index in [2.05, 4.69) is 45.3 Å². The second-order valence-corrected chi connectivity index (χ2v) is 7.06. The summed E-state index contributed by atoms with van der Waals surface area (Å²) in [5.74, 6) is -0.0243. The van der Waals surface area contributed by atoms with Gasteiger partial charge in [-0.3, -0.25) is 9.69 Å². The van der Waals surface area contributed by atoms with Crippen LogP contribution in [0.2, 0.25) is 0 Å². The summed E-state index contributed by atoms with van der Waals surface area (Å²) in [4.78, 5) is 14.1. The number of alkyl halides is 1. The maximum Gasteiger partial charge on any atom is 0.240 e. The quantitative estimate of drug-likeness (QED) is 0.851. The van der Waals surface area contributed by atoms with Crippen molar-refractivity contribution in [3.8, 4) is 0 Å². The van der Waals surface area contributed by atoms with E-state index < -0.39 is 4.32 Å². The molecule has 0 radical (unpaired) electrons. The van der Waals surface area contributed by atoms with Gasteiger partial charge in [0.2, 0.25) is 5.91 Å². The SMILES string of the molecule is CN1Cc2ccc(NC(=O)C(C)(C)Br)cc2C1. The van der Waals surface area contributed by atoms with Crippen LogP contribution in [0.4, 0.5) is 5.69 Å². The van der Waals surface area contributed by atoms with Crippen molar-refractivity contribution in [1.82, 2.24) is 4.90 Å². The number of hydrogen-bond donors (Lipinski definition) is 1. The van der Waals surface area contributed by atoms with Crippen LogP contribution in [-0.2, 0) is 17.9 Å². The van der Waals surface area contributed by atoms with Crippen LogP contribution < -0.4 is 5.32 Å². The van der Waals surface area contributed by atoms with Crippen molar-refractivity contribution in [3.05, 3.63) is 29.3 Å². The standard InChI is InChI=1S/C13H17BrN2O/c1-13(2,14)12(17)15-11-5-4-9-7-16(3)8-10(9)6-11/h4-6H,7-8H2,1-3H3,(H,15,17). The monoisotopic (exact) mass is 296 g/mol. The molecule has 0 atom stereocenters. The average molecular weight is 297 g/mol. The first-order chi connectivity index (χ1) is 7.86. The molecule has 2 rings (SSSR count). The van der Waals surface area contributed by atoms with Gasteiger partial charge in [0.05, 0.1) is 4.32 Å². The van der Waals surface area contributed by atoms with E-state index >= 15 is 0 Å². The highest BCUT2D eigenvalue weighted by molar-refractivity contribution is 9.10. The summed E-state index contributed by atoms with van der Waals surface area (Å²) >= 11 is 3.35. The van der Waals surface area contributed by atoms with Crippen molar-refractivity contribution >= 4 is 27.5 Å². The van der Waals surface area contributed by atoms with Gasteiger partial charge in [-0.15, -0.1) is 0 Å². The first kappa shape index (κ1) is 12.6. The number of nitrogens with zero attached hydrogens (tertiary/aromatic N) is 1. The number of amides is 1. The van der Waals surface area contributed by atoms with Crippen LogP contribution in [-0.4, -0.2) is 22.2 Å². The molecule has 92 valence electrons. The third-order valence-corrected chi connectivity index (χ3v) is 3.24. The normalized spacial score (nSPS) is 15.8. The molecule has 17 heavy (non-hydrogen) atoms. The molecule has 0 fully saturated rings. The Morgan fingerprint density at radius 1 is 1.35 bits per heavy atom. The van der Waals surface area contributed by atoms with Gasteiger partial charge in [0.15, 0.2) is 0 Å². The molecule has 1 aliphatic rings. The Kier molecular flexibility index (Phi) is 3.27. The molecule has 0 bridgehead atoms. The predicted molar refractivity (Wildman–Crippen MR) is 73.2 cm³/mol. The van der Waals surface area contributed by atoms with Gasteiger partial charge in [-0.05, 0) is 44.2 Å². The van der Waals surface area contributed by atoms with Gasteiger partial charge in [0.25, 0.3) is 0 Å². The topological polar surface area (TPSA) is 32.3 Å². The molecule has 0 unspecified atom stereocenters. The van der Waals surface area contributed by atoms with E-state index in [1.807, 2.05) is 19.9 Å². The Morgan fingerprint density at radius 3 is 2.65 bits per heavy atom. The molecular formula is C13H17BrN2O. The number of benzene rings is 1. The lowest BCUT2D eigenvalue weighted by Crippen LogP contribution is -2.30. The van der Waals surface area contributed by atoms with Gasteiger partial charge in [-0.2, -0.15) is 0 Å². The zero-order valence-electron chi connectivity index (χ0n) is 10.4. The zero-order chi connectivity index (χ0) is 12.6. The van der Waals surface area contributed by atoms with Gasteiger partial charge in [-0.25, -0.2) is 0 Å². The maximum absolute atomic E-state index is 11.8. The molecule has 0 saturated heterocycles. The van der Waals surface area contributed by atoms with Gasteiger partial charge >= 0.3 is 0 Å². The number of fused-ring (bicyclic) bond motifs is 1. The number of anilines is 1. The lowest BCUT2D eigenvalue weighted by Gasteiger charge is -2.16. The molecule has 0 aromatic heterocycles. The molecule has 1 aliphatic heterocycles. The minimum absolute atomic E-state index is 0.0243. The molecule has 1 amide bonds. The molecule has 1 aromatic carbocycles. The number of carbonyl (C=O) groups excluding carboxylic acids is 1. The number of rotatable bonds is 2. The third-order valence-electron chi connectivity index (χ3n) is 2.88. The lowest BCUT2D eigenvalue weighted by atomic mass is 10.1. The molecule has 1 N–H and O–H groups in total. The van der Waals surface area contributed by atoms with Crippen molar-refractivity contribution in [2.24, 2.45) is 0 Å². The van der Waals surface area contributed by atoms with Crippen LogP contribution in [0.1, 0.15) is 25.0 Å². The molecule has 0 aliphatic carbocycles. The molecule has 1 aromatic rings. The summed E-state index contributed by atoms with van der Waals surface area (Å²) < 4.78 is -0.539. The minimum Gasteiger partial charge on any atom is -0.325 e. The van der Waals surface area contributed by atoms with E-state index in [1.54, 1.807) is 0 Å². The van der Waals surface area contributed by atoms with Crippen LogP contribution in [0.3, 0.4) is 0 Å². The molecule has 3 nitrogen and oxygen atoms in total. The van der Waals surface area contributed by atoms with Crippen LogP contribution in [0.25, 0.3) is 0 Å². The van der Waals surface area contributed by atoms with E-state index in [9.17, 15) is 4.79 Å². The van der Waals surface area contributed by atoms with Crippen molar-refractivity contribution in [2.75, 3.05) is 12.4 Å². The summed E-state index contributed by atoms with van der Waals surface area (Å²) in [7, 11) is 2.10. The summed E-state index contributed by atoms with van der Waals surface area (Å²) in [6.07, 6.45) is 0.